The van der Waals surface area contributed by atoms with Gasteiger partial charge in [0.25, 0.3) is 6.47 Å². The average Bonchev–Trinajstić information content (AvgIpc) is 1.96. The number of carbonyl (C=O) groups is 1. The van der Waals surface area contributed by atoms with Crippen LogP contribution in [0.1, 0.15) is 19.8 Å². The van der Waals surface area contributed by atoms with Crippen molar-refractivity contribution in [2.45, 2.75) is 19.8 Å². The van der Waals surface area contributed by atoms with Crippen molar-refractivity contribution in [3.05, 3.63) is 12.3 Å². The monoisotopic (exact) mass is 158 g/mol. The first kappa shape index (κ1) is 10.0. The minimum Gasteiger partial charge on any atom is -0.499 e. The molecule has 0 rings (SSSR count). The maximum Gasteiger partial charge on any atom is 0.293 e. The highest BCUT2D eigenvalue weighted by Crippen LogP contribution is 1.95. The van der Waals surface area contributed by atoms with E-state index in [0.717, 1.165) is 18.6 Å². The number of rotatable bonds is 7. The van der Waals surface area contributed by atoms with Crippen LogP contribution in [-0.4, -0.2) is 19.7 Å². The fourth-order valence-corrected chi connectivity index (χ4v) is 0.582. The molecule has 0 aromatic carbocycles. The second kappa shape index (κ2) is 7.12. The summed E-state index contributed by atoms with van der Waals surface area (Å²) in [6.07, 6.45) is 1.73. The van der Waals surface area contributed by atoms with Crippen molar-refractivity contribution in [1.82, 2.24) is 0 Å². The summed E-state index contributed by atoms with van der Waals surface area (Å²) in [5.74, 6) is 0.723. The van der Waals surface area contributed by atoms with E-state index in [1.54, 1.807) is 0 Å². The van der Waals surface area contributed by atoms with E-state index in [2.05, 4.69) is 11.3 Å². The molecule has 0 aliphatic carbocycles. The molecule has 0 heterocycles. The predicted octanol–water partition coefficient (Wildman–Crippen LogP) is 1.49. The Morgan fingerprint density at radius 3 is 2.64 bits per heavy atom. The van der Waals surface area contributed by atoms with Crippen LogP contribution in [0.25, 0.3) is 0 Å². The Morgan fingerprint density at radius 2 is 2.09 bits per heavy atom. The van der Waals surface area contributed by atoms with Crippen molar-refractivity contribution in [2.24, 2.45) is 0 Å². The molecule has 0 radical (unpaired) electrons. The van der Waals surface area contributed by atoms with Gasteiger partial charge in [0.05, 0.1) is 19.0 Å². The van der Waals surface area contributed by atoms with Crippen molar-refractivity contribution in [2.75, 3.05) is 13.2 Å². The summed E-state index contributed by atoms with van der Waals surface area (Å²) in [6.45, 7) is 6.97. The molecule has 11 heavy (non-hydrogen) atoms. The lowest BCUT2D eigenvalue weighted by Gasteiger charge is -2.03. The first-order valence-electron chi connectivity index (χ1n) is 3.61. The molecule has 0 aliphatic rings. The molecule has 0 aromatic rings. The molecule has 0 aliphatic heterocycles. The van der Waals surface area contributed by atoms with Gasteiger partial charge in [0.1, 0.15) is 0 Å². The van der Waals surface area contributed by atoms with Gasteiger partial charge in [-0.3, -0.25) is 4.79 Å². The lowest BCUT2D eigenvalue weighted by atomic mass is 10.3. The van der Waals surface area contributed by atoms with Crippen LogP contribution >= 0.6 is 0 Å². The average molecular weight is 158 g/mol. The molecule has 0 spiro atoms. The molecule has 0 fully saturated rings. The molecule has 0 amide bonds. The molecule has 3 heteroatoms. The largest absolute Gasteiger partial charge is 0.499 e. The van der Waals surface area contributed by atoms with E-state index < -0.39 is 0 Å². The third-order valence-corrected chi connectivity index (χ3v) is 1.07. The molecule has 0 atom stereocenters. The molecule has 64 valence electrons. The van der Waals surface area contributed by atoms with Crippen LogP contribution in [0.2, 0.25) is 0 Å². The minimum absolute atomic E-state index is 0.458. The predicted molar refractivity (Wildman–Crippen MR) is 42.0 cm³/mol. The second-order valence-electron chi connectivity index (χ2n) is 2.22. The molecule has 0 saturated heterocycles. The normalized spacial score (nSPS) is 8.82. The van der Waals surface area contributed by atoms with E-state index in [-0.39, 0.29) is 0 Å². The maximum atomic E-state index is 9.68. The molecule has 3 nitrogen and oxygen atoms in total. The lowest BCUT2D eigenvalue weighted by molar-refractivity contribution is -0.128. The van der Waals surface area contributed by atoms with Gasteiger partial charge in [-0.15, -0.1) is 0 Å². The maximum absolute atomic E-state index is 9.68. The third-order valence-electron chi connectivity index (χ3n) is 1.07. The van der Waals surface area contributed by atoms with Crippen molar-refractivity contribution >= 4 is 6.47 Å². The second-order valence-corrected chi connectivity index (χ2v) is 2.22. The van der Waals surface area contributed by atoms with Gasteiger partial charge in [-0.1, -0.05) is 6.58 Å². The summed E-state index contributed by atoms with van der Waals surface area (Å²) in [4.78, 5) is 9.68. The third kappa shape index (κ3) is 9.01. The van der Waals surface area contributed by atoms with E-state index in [1.165, 1.54) is 0 Å². The van der Waals surface area contributed by atoms with Gasteiger partial charge >= 0.3 is 0 Å². The van der Waals surface area contributed by atoms with Crippen molar-refractivity contribution in [3.63, 3.8) is 0 Å². The van der Waals surface area contributed by atoms with Crippen molar-refractivity contribution in [3.8, 4) is 0 Å². The Hall–Kier alpha value is -0.990. The zero-order valence-electron chi connectivity index (χ0n) is 6.84. The lowest BCUT2D eigenvalue weighted by Crippen LogP contribution is -1.96. The molecular weight excluding hydrogens is 144 g/mol. The Kier molecular flexibility index (Phi) is 6.48. The number of carbonyl (C=O) groups excluding carboxylic acids is 1. The topological polar surface area (TPSA) is 35.5 Å². The number of ether oxygens (including phenoxy) is 2. The summed E-state index contributed by atoms with van der Waals surface area (Å²) in [7, 11) is 0. The first-order chi connectivity index (χ1) is 5.27. The highest BCUT2D eigenvalue weighted by Gasteiger charge is 1.89. The summed E-state index contributed by atoms with van der Waals surface area (Å²) in [5.41, 5.74) is 0. The fourth-order valence-electron chi connectivity index (χ4n) is 0.582. The number of allylic oxidation sites excluding steroid dienone is 1. The molecule has 0 bridgehead atoms. The van der Waals surface area contributed by atoms with Gasteiger partial charge in [-0.05, 0) is 19.8 Å². The zero-order valence-corrected chi connectivity index (χ0v) is 6.84. The Balaban J connectivity index is 2.90. The summed E-state index contributed by atoms with van der Waals surface area (Å²) < 4.78 is 9.57. The minimum atomic E-state index is 0.458. The van der Waals surface area contributed by atoms with E-state index in [9.17, 15) is 4.79 Å². The molecule has 0 N–H and O–H groups in total. The van der Waals surface area contributed by atoms with Crippen LogP contribution in [0, 0.1) is 0 Å². The van der Waals surface area contributed by atoms with E-state index in [0.29, 0.717) is 19.7 Å². The van der Waals surface area contributed by atoms with Crippen LogP contribution in [-0.2, 0) is 14.3 Å². The van der Waals surface area contributed by atoms with Gasteiger partial charge in [0.2, 0.25) is 0 Å². The van der Waals surface area contributed by atoms with Crippen molar-refractivity contribution in [1.29, 1.82) is 0 Å². The molecule has 0 unspecified atom stereocenters. The number of unbranched alkanes of at least 4 members (excludes halogenated alkanes) is 1. The van der Waals surface area contributed by atoms with E-state index >= 15 is 0 Å². The van der Waals surface area contributed by atoms with Crippen LogP contribution in [0.15, 0.2) is 12.3 Å². The van der Waals surface area contributed by atoms with Crippen molar-refractivity contribution < 1.29 is 14.3 Å². The standard InChI is InChI=1S/C8H14O3/c1-8(2)11-6-4-3-5-10-7-9/h7H,1,3-6H2,2H3. The number of hydrogen-bond acceptors (Lipinski definition) is 3. The molecular formula is C8H14O3. The van der Waals surface area contributed by atoms with Gasteiger partial charge < -0.3 is 9.47 Å². The zero-order chi connectivity index (χ0) is 8.53. The Morgan fingerprint density at radius 1 is 1.45 bits per heavy atom. The summed E-state index contributed by atoms with van der Waals surface area (Å²) in [5, 5.41) is 0. The fraction of sp³-hybridized carbons (Fsp3) is 0.625. The number of hydrogen-bond donors (Lipinski definition) is 0. The van der Waals surface area contributed by atoms with Crippen LogP contribution in [0.3, 0.4) is 0 Å². The van der Waals surface area contributed by atoms with Gasteiger partial charge in [-0.25, -0.2) is 0 Å². The Bertz CT molecular complexity index is 121. The summed E-state index contributed by atoms with van der Waals surface area (Å²) >= 11 is 0. The van der Waals surface area contributed by atoms with E-state index in [4.69, 9.17) is 4.74 Å². The SMILES string of the molecule is C=C(C)OCCCCOC=O. The summed E-state index contributed by atoms with van der Waals surface area (Å²) in [6, 6.07) is 0. The van der Waals surface area contributed by atoms with Crippen LogP contribution < -0.4 is 0 Å². The van der Waals surface area contributed by atoms with Crippen LogP contribution in [0.5, 0.6) is 0 Å². The van der Waals surface area contributed by atoms with Gasteiger partial charge in [-0.2, -0.15) is 0 Å². The highest BCUT2D eigenvalue weighted by atomic mass is 16.5. The quantitative estimate of drug-likeness (QED) is 0.320. The first-order valence-corrected chi connectivity index (χ1v) is 3.61. The van der Waals surface area contributed by atoms with Gasteiger partial charge in [0.15, 0.2) is 0 Å². The Labute approximate surface area is 67.0 Å². The molecule has 0 saturated carbocycles. The highest BCUT2D eigenvalue weighted by molar-refractivity contribution is 5.36. The van der Waals surface area contributed by atoms with E-state index in [1.807, 2.05) is 6.92 Å². The van der Waals surface area contributed by atoms with Crippen LogP contribution in [0.4, 0.5) is 0 Å². The molecule has 0 aromatic heterocycles. The smallest absolute Gasteiger partial charge is 0.293 e. The van der Waals surface area contributed by atoms with Gasteiger partial charge in [0, 0.05) is 0 Å².